The minimum Gasteiger partial charge on any atom is -0.441 e. The molecule has 0 atom stereocenters. The topological polar surface area (TPSA) is 49.6 Å². The first kappa shape index (κ1) is 18.2. The number of aromatic nitrogens is 1. The number of carbonyl (C=O) groups excluding carboxylic acids is 1. The molecular formula is C22H29N3O2. The smallest absolute Gasteiger partial charge is 0.226 e. The molecule has 0 N–H and O–H groups in total. The highest BCUT2D eigenvalue weighted by atomic mass is 16.4. The molecule has 2 aliphatic rings. The van der Waals surface area contributed by atoms with Crippen LogP contribution in [0.15, 0.2) is 28.7 Å². The van der Waals surface area contributed by atoms with Crippen LogP contribution >= 0.6 is 0 Å². The summed E-state index contributed by atoms with van der Waals surface area (Å²) >= 11 is 0. The summed E-state index contributed by atoms with van der Waals surface area (Å²) in [5.41, 5.74) is 3.30. The van der Waals surface area contributed by atoms with Crippen LogP contribution in [0, 0.1) is 19.8 Å². The van der Waals surface area contributed by atoms with Gasteiger partial charge >= 0.3 is 0 Å². The van der Waals surface area contributed by atoms with Crippen molar-refractivity contribution in [3.63, 3.8) is 0 Å². The molecule has 2 aromatic rings. The molecule has 5 nitrogen and oxygen atoms in total. The van der Waals surface area contributed by atoms with E-state index in [0.717, 1.165) is 81.3 Å². The summed E-state index contributed by atoms with van der Waals surface area (Å²) in [4.78, 5) is 21.1. The second-order valence-corrected chi connectivity index (χ2v) is 8.00. The Morgan fingerprint density at radius 2 is 1.93 bits per heavy atom. The van der Waals surface area contributed by atoms with Crippen molar-refractivity contribution < 1.29 is 9.21 Å². The molecule has 0 bridgehead atoms. The average Bonchev–Trinajstić information content (AvgIpc) is 3.23. The van der Waals surface area contributed by atoms with Crippen molar-refractivity contribution >= 4 is 5.91 Å². The number of hydrogen-bond acceptors (Lipinski definition) is 4. The lowest BCUT2D eigenvalue weighted by atomic mass is 9.96. The zero-order valence-electron chi connectivity index (χ0n) is 16.4. The van der Waals surface area contributed by atoms with Gasteiger partial charge < -0.3 is 9.32 Å². The van der Waals surface area contributed by atoms with Gasteiger partial charge in [0.2, 0.25) is 11.8 Å². The van der Waals surface area contributed by atoms with Crippen molar-refractivity contribution in [3.05, 3.63) is 41.3 Å². The largest absolute Gasteiger partial charge is 0.441 e. The van der Waals surface area contributed by atoms with Gasteiger partial charge in [0.1, 0.15) is 5.76 Å². The normalized spacial score (nSPS) is 19.2. The van der Waals surface area contributed by atoms with Crippen LogP contribution in [0.1, 0.15) is 42.7 Å². The molecule has 1 aromatic heterocycles. The zero-order chi connectivity index (χ0) is 18.8. The lowest BCUT2D eigenvalue weighted by Crippen LogP contribution is -2.39. The van der Waals surface area contributed by atoms with Gasteiger partial charge in [-0.25, -0.2) is 4.98 Å². The molecule has 5 heteroatoms. The second-order valence-electron chi connectivity index (χ2n) is 8.00. The van der Waals surface area contributed by atoms with E-state index in [1.165, 1.54) is 5.56 Å². The molecule has 3 heterocycles. The Balaban J connectivity index is 1.34. The van der Waals surface area contributed by atoms with Crippen molar-refractivity contribution in [2.75, 3.05) is 26.2 Å². The van der Waals surface area contributed by atoms with Gasteiger partial charge in [-0.3, -0.25) is 9.69 Å². The highest BCUT2D eigenvalue weighted by Gasteiger charge is 2.27. The molecule has 0 spiro atoms. The molecule has 1 amide bonds. The minimum absolute atomic E-state index is 0.347. The molecule has 144 valence electrons. The zero-order valence-corrected chi connectivity index (χ0v) is 16.4. The summed E-state index contributed by atoms with van der Waals surface area (Å²) in [6, 6.07) is 8.22. The summed E-state index contributed by atoms with van der Waals surface area (Å²) in [5.74, 6) is 2.63. The summed E-state index contributed by atoms with van der Waals surface area (Å²) in [6.07, 6.45) is 4.09. The number of rotatable bonds is 5. The van der Waals surface area contributed by atoms with Gasteiger partial charge in [0.25, 0.3) is 0 Å². The number of benzene rings is 1. The molecule has 0 aliphatic carbocycles. The standard InChI is InChI=1S/C22H29N3O2/c1-16-6-3-4-7-19(16)22-23-20(17(2)27-22)15-24-12-9-18(10-13-24)14-25-11-5-8-21(25)26/h3-4,6-7,18H,5,8-15H2,1-2H3. The van der Waals surface area contributed by atoms with Crippen molar-refractivity contribution in [2.24, 2.45) is 5.92 Å². The Bertz CT molecular complexity index is 806. The second kappa shape index (κ2) is 7.85. The van der Waals surface area contributed by atoms with Crippen molar-refractivity contribution in [2.45, 2.75) is 46.1 Å². The predicted molar refractivity (Wildman–Crippen MR) is 105 cm³/mol. The third-order valence-corrected chi connectivity index (χ3v) is 6.00. The highest BCUT2D eigenvalue weighted by Crippen LogP contribution is 2.27. The molecule has 4 rings (SSSR count). The van der Waals surface area contributed by atoms with Crippen LogP contribution in [0.2, 0.25) is 0 Å². The summed E-state index contributed by atoms with van der Waals surface area (Å²) in [5, 5.41) is 0. The van der Waals surface area contributed by atoms with Crippen LogP contribution in [-0.2, 0) is 11.3 Å². The highest BCUT2D eigenvalue weighted by molar-refractivity contribution is 5.78. The summed E-state index contributed by atoms with van der Waals surface area (Å²) in [7, 11) is 0. The van der Waals surface area contributed by atoms with Crippen LogP contribution in [0.5, 0.6) is 0 Å². The van der Waals surface area contributed by atoms with Gasteiger partial charge in [-0.2, -0.15) is 0 Å². The Kier molecular flexibility index (Phi) is 5.30. The van der Waals surface area contributed by atoms with Gasteiger partial charge in [0.05, 0.1) is 5.69 Å². The third kappa shape index (κ3) is 4.08. The van der Waals surface area contributed by atoms with Crippen LogP contribution in [-0.4, -0.2) is 46.9 Å². The van der Waals surface area contributed by atoms with E-state index >= 15 is 0 Å². The molecule has 0 radical (unpaired) electrons. The molecule has 2 aliphatic heterocycles. The fourth-order valence-corrected chi connectivity index (χ4v) is 4.25. The Labute approximate surface area is 161 Å². The quantitative estimate of drug-likeness (QED) is 0.807. The molecule has 1 aromatic carbocycles. The van der Waals surface area contributed by atoms with Crippen LogP contribution in [0.4, 0.5) is 0 Å². The van der Waals surface area contributed by atoms with E-state index in [1.54, 1.807) is 0 Å². The number of likely N-dealkylation sites (tertiary alicyclic amines) is 2. The van der Waals surface area contributed by atoms with Crippen molar-refractivity contribution in [1.29, 1.82) is 0 Å². The number of nitrogens with zero attached hydrogens (tertiary/aromatic N) is 3. The lowest BCUT2D eigenvalue weighted by Gasteiger charge is -2.33. The fraction of sp³-hybridized carbons (Fsp3) is 0.545. The fourth-order valence-electron chi connectivity index (χ4n) is 4.25. The Morgan fingerprint density at radius 1 is 1.15 bits per heavy atom. The number of carbonyl (C=O) groups is 1. The van der Waals surface area contributed by atoms with Gasteiger partial charge in [-0.1, -0.05) is 18.2 Å². The molecule has 27 heavy (non-hydrogen) atoms. The SMILES string of the molecule is Cc1ccccc1-c1nc(CN2CCC(CN3CCCC3=O)CC2)c(C)o1. The maximum Gasteiger partial charge on any atom is 0.226 e. The molecule has 2 saturated heterocycles. The first-order chi connectivity index (χ1) is 13.1. The Hall–Kier alpha value is -2.14. The van der Waals surface area contributed by atoms with Crippen LogP contribution in [0.3, 0.4) is 0 Å². The van der Waals surface area contributed by atoms with Gasteiger partial charge in [-0.15, -0.1) is 0 Å². The predicted octanol–water partition coefficient (Wildman–Crippen LogP) is 3.79. The Morgan fingerprint density at radius 3 is 2.63 bits per heavy atom. The van der Waals surface area contributed by atoms with Crippen LogP contribution in [0.25, 0.3) is 11.5 Å². The average molecular weight is 367 g/mol. The van der Waals surface area contributed by atoms with Gasteiger partial charge in [-0.05, 0) is 63.7 Å². The maximum atomic E-state index is 11.8. The van der Waals surface area contributed by atoms with E-state index in [-0.39, 0.29) is 0 Å². The molecule has 2 fully saturated rings. The van der Waals surface area contributed by atoms with E-state index in [4.69, 9.17) is 9.40 Å². The minimum atomic E-state index is 0.347. The number of hydrogen-bond donors (Lipinski definition) is 0. The van der Waals surface area contributed by atoms with E-state index in [2.05, 4.69) is 28.9 Å². The number of aryl methyl sites for hydroxylation is 2. The third-order valence-electron chi connectivity index (χ3n) is 6.00. The van der Waals surface area contributed by atoms with Gasteiger partial charge in [0.15, 0.2) is 0 Å². The maximum absolute atomic E-state index is 11.8. The number of oxazole rings is 1. The first-order valence-corrected chi connectivity index (χ1v) is 10.1. The summed E-state index contributed by atoms with van der Waals surface area (Å²) in [6.45, 7) is 8.99. The van der Waals surface area contributed by atoms with Crippen molar-refractivity contribution in [1.82, 2.24) is 14.8 Å². The first-order valence-electron chi connectivity index (χ1n) is 10.1. The number of amides is 1. The molecular weight excluding hydrogens is 338 g/mol. The van der Waals surface area contributed by atoms with Crippen molar-refractivity contribution in [3.8, 4) is 11.5 Å². The summed E-state index contributed by atoms with van der Waals surface area (Å²) < 4.78 is 5.96. The molecule has 0 unspecified atom stereocenters. The van der Waals surface area contributed by atoms with Gasteiger partial charge in [0, 0.05) is 31.6 Å². The molecule has 0 saturated carbocycles. The van der Waals surface area contributed by atoms with E-state index < -0.39 is 0 Å². The monoisotopic (exact) mass is 367 g/mol. The van der Waals surface area contributed by atoms with E-state index in [1.807, 2.05) is 19.1 Å². The van der Waals surface area contributed by atoms with E-state index in [0.29, 0.717) is 11.8 Å². The lowest BCUT2D eigenvalue weighted by molar-refractivity contribution is -0.128. The number of piperidine rings is 1. The van der Waals surface area contributed by atoms with Crippen LogP contribution < -0.4 is 0 Å². The van der Waals surface area contributed by atoms with E-state index in [9.17, 15) is 4.79 Å².